The van der Waals surface area contributed by atoms with Crippen molar-refractivity contribution >= 4 is 17.5 Å². The van der Waals surface area contributed by atoms with E-state index in [-0.39, 0.29) is 18.5 Å². The van der Waals surface area contributed by atoms with Crippen molar-refractivity contribution in [2.45, 2.75) is 19.9 Å². The highest BCUT2D eigenvalue weighted by Gasteiger charge is 2.21. The molecule has 0 aliphatic heterocycles. The zero-order valence-electron chi connectivity index (χ0n) is 11.0. The van der Waals surface area contributed by atoms with Crippen molar-refractivity contribution in [3.05, 3.63) is 29.8 Å². The van der Waals surface area contributed by atoms with Crippen LogP contribution in [0, 0.1) is 6.92 Å². The lowest BCUT2D eigenvalue weighted by molar-refractivity contribution is -0.885. The molecule has 5 nitrogen and oxygen atoms in total. The number of hydrogen-bond donors (Lipinski definition) is 3. The first-order valence-electron chi connectivity index (χ1n) is 5.88. The summed E-state index contributed by atoms with van der Waals surface area (Å²) in [7, 11) is 1.77. The van der Waals surface area contributed by atoms with Gasteiger partial charge >= 0.3 is 0 Å². The van der Waals surface area contributed by atoms with Crippen LogP contribution in [-0.2, 0) is 9.59 Å². The highest BCUT2D eigenvalue weighted by Crippen LogP contribution is 2.07. The Kier molecular flexibility index (Phi) is 4.85. The van der Waals surface area contributed by atoms with Gasteiger partial charge in [0.2, 0.25) is 0 Å². The van der Waals surface area contributed by atoms with Crippen LogP contribution in [0.15, 0.2) is 24.3 Å². The number of likely N-dealkylation sites (N-methyl/N-ethyl adjacent to an activating group) is 1. The summed E-state index contributed by atoms with van der Waals surface area (Å²) in [5.41, 5.74) is 7.08. The maximum Gasteiger partial charge on any atom is 0.279 e. The summed E-state index contributed by atoms with van der Waals surface area (Å²) < 4.78 is 0. The molecule has 0 radical (unpaired) electrons. The van der Waals surface area contributed by atoms with Crippen molar-refractivity contribution in [3.63, 3.8) is 0 Å². The smallest absolute Gasteiger partial charge is 0.279 e. The lowest BCUT2D eigenvalue weighted by atomic mass is 10.2. The Labute approximate surface area is 107 Å². The molecule has 2 atom stereocenters. The van der Waals surface area contributed by atoms with E-state index in [4.69, 9.17) is 5.73 Å². The summed E-state index contributed by atoms with van der Waals surface area (Å²) in [4.78, 5) is 23.5. The minimum atomic E-state index is -0.407. The van der Waals surface area contributed by atoms with E-state index in [2.05, 4.69) is 5.32 Å². The molecule has 18 heavy (non-hydrogen) atoms. The standard InChI is InChI=1S/C13H19N3O2/c1-9-4-6-11(7-5-9)15-12(17)8-16(3)10(2)13(14)18/h4-7,10H,8H2,1-3H3,(H2,14,18)(H,15,17)/p+1/t10-/m0/s1. The Morgan fingerprint density at radius 1 is 1.33 bits per heavy atom. The average molecular weight is 250 g/mol. The molecule has 0 saturated heterocycles. The summed E-state index contributed by atoms with van der Waals surface area (Å²) in [6, 6.07) is 7.17. The first kappa shape index (κ1) is 14.2. The summed E-state index contributed by atoms with van der Waals surface area (Å²) in [6.45, 7) is 3.90. The Balaban J connectivity index is 2.51. The van der Waals surface area contributed by atoms with Crippen LogP contribution in [0.5, 0.6) is 0 Å². The molecule has 0 aliphatic carbocycles. The molecule has 1 unspecified atom stereocenters. The van der Waals surface area contributed by atoms with Crippen LogP contribution in [0.4, 0.5) is 5.69 Å². The monoisotopic (exact) mass is 250 g/mol. The maximum absolute atomic E-state index is 11.8. The van der Waals surface area contributed by atoms with Crippen LogP contribution < -0.4 is 16.0 Å². The Morgan fingerprint density at radius 3 is 2.39 bits per heavy atom. The molecule has 98 valence electrons. The SMILES string of the molecule is Cc1ccc(NC(=O)C[NH+](C)[C@@H](C)C(N)=O)cc1. The number of benzene rings is 1. The topological polar surface area (TPSA) is 76.6 Å². The molecule has 5 heteroatoms. The van der Waals surface area contributed by atoms with Crippen molar-refractivity contribution in [1.29, 1.82) is 0 Å². The van der Waals surface area contributed by atoms with Crippen molar-refractivity contribution in [2.24, 2.45) is 5.73 Å². The minimum Gasteiger partial charge on any atom is -0.365 e. The molecule has 0 spiro atoms. The van der Waals surface area contributed by atoms with Gasteiger partial charge in [0.15, 0.2) is 12.6 Å². The Hall–Kier alpha value is -1.88. The molecule has 1 aromatic rings. The number of quaternary nitrogens is 1. The van der Waals surface area contributed by atoms with Gasteiger partial charge < -0.3 is 16.0 Å². The summed E-state index contributed by atoms with van der Waals surface area (Å²) in [6.07, 6.45) is 0. The minimum absolute atomic E-state index is 0.135. The van der Waals surface area contributed by atoms with Gasteiger partial charge in [0.25, 0.3) is 11.8 Å². The third-order valence-electron chi connectivity index (χ3n) is 2.94. The van der Waals surface area contributed by atoms with Crippen LogP contribution in [0.1, 0.15) is 12.5 Å². The highest BCUT2D eigenvalue weighted by molar-refractivity contribution is 5.91. The van der Waals surface area contributed by atoms with E-state index in [1.807, 2.05) is 31.2 Å². The number of rotatable bonds is 5. The van der Waals surface area contributed by atoms with Crippen LogP contribution in [0.25, 0.3) is 0 Å². The van der Waals surface area contributed by atoms with Crippen LogP contribution in [0.2, 0.25) is 0 Å². The number of amides is 2. The van der Waals surface area contributed by atoms with E-state index in [0.717, 1.165) is 16.2 Å². The molecule has 2 amide bonds. The summed E-state index contributed by atoms with van der Waals surface area (Å²) in [5, 5.41) is 2.78. The van der Waals surface area contributed by atoms with E-state index in [1.165, 1.54) is 0 Å². The number of aryl methyl sites for hydroxylation is 1. The molecule has 0 bridgehead atoms. The van der Waals surface area contributed by atoms with Crippen LogP contribution in [-0.4, -0.2) is 31.4 Å². The highest BCUT2D eigenvalue weighted by atomic mass is 16.2. The van der Waals surface area contributed by atoms with E-state index in [9.17, 15) is 9.59 Å². The lowest BCUT2D eigenvalue weighted by Gasteiger charge is -2.18. The van der Waals surface area contributed by atoms with Gasteiger partial charge in [0.05, 0.1) is 7.05 Å². The molecular weight excluding hydrogens is 230 g/mol. The fourth-order valence-corrected chi connectivity index (χ4v) is 1.49. The van der Waals surface area contributed by atoms with Gasteiger partial charge in [-0.3, -0.25) is 9.59 Å². The normalized spacial score (nSPS) is 13.7. The van der Waals surface area contributed by atoms with Gasteiger partial charge in [0.1, 0.15) is 0 Å². The summed E-state index contributed by atoms with van der Waals surface area (Å²) in [5.74, 6) is -0.542. The van der Waals surface area contributed by atoms with E-state index >= 15 is 0 Å². The van der Waals surface area contributed by atoms with Crippen LogP contribution in [0.3, 0.4) is 0 Å². The second-order valence-electron chi connectivity index (χ2n) is 4.56. The molecule has 0 saturated carbocycles. The van der Waals surface area contributed by atoms with Crippen molar-refractivity contribution < 1.29 is 14.5 Å². The third-order valence-corrected chi connectivity index (χ3v) is 2.94. The zero-order valence-corrected chi connectivity index (χ0v) is 11.0. The molecule has 0 fully saturated rings. The number of primary amides is 1. The molecular formula is C13H20N3O2+. The van der Waals surface area contributed by atoms with Gasteiger partial charge in [-0.05, 0) is 26.0 Å². The zero-order chi connectivity index (χ0) is 13.7. The molecule has 4 N–H and O–H groups in total. The molecule has 0 aliphatic rings. The molecule has 1 aromatic carbocycles. The van der Waals surface area contributed by atoms with Crippen molar-refractivity contribution in [2.75, 3.05) is 18.9 Å². The first-order valence-corrected chi connectivity index (χ1v) is 5.88. The van der Waals surface area contributed by atoms with Gasteiger partial charge in [0, 0.05) is 5.69 Å². The second kappa shape index (κ2) is 6.16. The van der Waals surface area contributed by atoms with E-state index in [1.54, 1.807) is 14.0 Å². The predicted molar refractivity (Wildman–Crippen MR) is 70.2 cm³/mol. The maximum atomic E-state index is 11.8. The first-order chi connectivity index (χ1) is 8.40. The molecule has 0 aromatic heterocycles. The van der Waals surface area contributed by atoms with Crippen LogP contribution >= 0.6 is 0 Å². The van der Waals surface area contributed by atoms with E-state index < -0.39 is 5.91 Å². The molecule has 1 rings (SSSR count). The number of nitrogens with two attached hydrogens (primary N) is 1. The number of nitrogens with one attached hydrogen (secondary N) is 2. The number of carbonyl (C=O) groups excluding carboxylic acids is 2. The van der Waals surface area contributed by atoms with Gasteiger partial charge in [-0.25, -0.2) is 0 Å². The van der Waals surface area contributed by atoms with Gasteiger partial charge in [-0.15, -0.1) is 0 Å². The predicted octanol–water partition coefficient (Wildman–Crippen LogP) is -0.678. The molecule has 0 heterocycles. The third kappa shape index (κ3) is 4.18. The average Bonchev–Trinajstić information content (AvgIpc) is 2.30. The fraction of sp³-hybridized carbons (Fsp3) is 0.385. The largest absolute Gasteiger partial charge is 0.365 e. The van der Waals surface area contributed by atoms with Gasteiger partial charge in [-0.2, -0.15) is 0 Å². The summed E-state index contributed by atoms with van der Waals surface area (Å²) >= 11 is 0. The van der Waals surface area contributed by atoms with Crippen molar-refractivity contribution in [3.8, 4) is 0 Å². The second-order valence-corrected chi connectivity index (χ2v) is 4.56. The van der Waals surface area contributed by atoms with E-state index in [0.29, 0.717) is 0 Å². The fourth-order valence-electron chi connectivity index (χ4n) is 1.49. The number of carbonyl (C=O) groups is 2. The van der Waals surface area contributed by atoms with Crippen molar-refractivity contribution in [1.82, 2.24) is 0 Å². The lowest BCUT2D eigenvalue weighted by Crippen LogP contribution is -3.15. The Bertz CT molecular complexity index is 428. The number of anilines is 1. The Morgan fingerprint density at radius 2 is 1.89 bits per heavy atom. The quantitative estimate of drug-likeness (QED) is 0.648. The van der Waals surface area contributed by atoms with Gasteiger partial charge in [-0.1, -0.05) is 17.7 Å². The number of hydrogen-bond acceptors (Lipinski definition) is 2.